The lowest BCUT2D eigenvalue weighted by molar-refractivity contribution is -0.125. The first-order valence-corrected chi connectivity index (χ1v) is 8.59. The highest BCUT2D eigenvalue weighted by atomic mass is 32.2. The first-order chi connectivity index (χ1) is 12.6. The van der Waals surface area contributed by atoms with Crippen LogP contribution in [0.15, 0.2) is 64.2 Å². The zero-order valence-electron chi connectivity index (χ0n) is 13.4. The van der Waals surface area contributed by atoms with Gasteiger partial charge in [0.1, 0.15) is 11.3 Å². The number of hydrogen-bond acceptors (Lipinski definition) is 5. The number of benzene rings is 2. The van der Waals surface area contributed by atoms with Crippen molar-refractivity contribution >= 4 is 40.8 Å². The average molecular weight is 371 g/mol. The number of thioether (sulfide) groups is 1. The van der Waals surface area contributed by atoms with Crippen LogP contribution in [0.3, 0.4) is 0 Å². The van der Waals surface area contributed by atoms with Gasteiger partial charge in [-0.3, -0.25) is 20.4 Å². The van der Waals surface area contributed by atoms with Crippen LogP contribution in [0.5, 0.6) is 0 Å². The van der Waals surface area contributed by atoms with E-state index in [4.69, 9.17) is 4.42 Å². The number of nitrogens with zero attached hydrogens (tertiary/aromatic N) is 1. The van der Waals surface area contributed by atoms with Crippen LogP contribution in [-0.4, -0.2) is 22.6 Å². The molecule has 0 radical (unpaired) electrons. The smallest absolute Gasteiger partial charge is 0.262 e. The normalized spacial score (nSPS) is 11.0. The summed E-state index contributed by atoms with van der Waals surface area (Å²) in [6.45, 7) is 0. The van der Waals surface area contributed by atoms with Crippen molar-refractivity contribution in [2.45, 2.75) is 5.22 Å². The summed E-state index contributed by atoms with van der Waals surface area (Å²) in [5, 5.41) is 0.379. The van der Waals surface area contributed by atoms with Gasteiger partial charge in [0.25, 0.3) is 11.1 Å². The van der Waals surface area contributed by atoms with Crippen LogP contribution in [0.1, 0.15) is 5.56 Å². The second-order valence-corrected chi connectivity index (χ2v) is 6.09. The number of carbonyl (C=O) groups excluding carboxylic acids is 2. The van der Waals surface area contributed by atoms with E-state index in [0.717, 1.165) is 17.3 Å². The fourth-order valence-corrected chi connectivity index (χ4v) is 2.63. The number of hydrogen-bond donors (Lipinski definition) is 2. The topological polar surface area (TPSA) is 84.2 Å². The maximum absolute atomic E-state index is 12.8. The van der Waals surface area contributed by atoms with Crippen LogP contribution >= 0.6 is 11.8 Å². The molecule has 0 aliphatic heterocycles. The summed E-state index contributed by atoms with van der Waals surface area (Å²) >= 11 is 1.12. The molecule has 0 fully saturated rings. The van der Waals surface area contributed by atoms with Gasteiger partial charge in [0.2, 0.25) is 5.91 Å². The molecule has 3 rings (SSSR count). The van der Waals surface area contributed by atoms with E-state index in [1.807, 2.05) is 18.2 Å². The number of rotatable bonds is 5. The Hall–Kier alpha value is -3.13. The van der Waals surface area contributed by atoms with Gasteiger partial charge in [0.15, 0.2) is 5.58 Å². The first kappa shape index (κ1) is 17.7. The quantitative estimate of drug-likeness (QED) is 0.409. The third-order valence-corrected chi connectivity index (χ3v) is 4.05. The van der Waals surface area contributed by atoms with Gasteiger partial charge in [-0.2, -0.15) is 0 Å². The van der Waals surface area contributed by atoms with Gasteiger partial charge in [-0.1, -0.05) is 36.0 Å². The molecule has 0 saturated carbocycles. The monoisotopic (exact) mass is 371 g/mol. The van der Waals surface area contributed by atoms with Gasteiger partial charge in [-0.05, 0) is 35.9 Å². The molecular formula is C18H14FN3O3S. The van der Waals surface area contributed by atoms with E-state index in [9.17, 15) is 14.0 Å². The number of fused-ring (bicyclic) bond motifs is 1. The summed E-state index contributed by atoms with van der Waals surface area (Å²) in [7, 11) is 0. The molecule has 0 spiro atoms. The molecular weight excluding hydrogens is 357 g/mol. The van der Waals surface area contributed by atoms with Gasteiger partial charge < -0.3 is 4.42 Å². The van der Waals surface area contributed by atoms with Crippen molar-refractivity contribution in [1.82, 2.24) is 15.8 Å². The molecule has 3 aromatic rings. The molecule has 6 nitrogen and oxygen atoms in total. The zero-order valence-corrected chi connectivity index (χ0v) is 14.3. The summed E-state index contributed by atoms with van der Waals surface area (Å²) in [4.78, 5) is 27.7. The summed E-state index contributed by atoms with van der Waals surface area (Å²) < 4.78 is 18.3. The second kappa shape index (κ2) is 8.30. The van der Waals surface area contributed by atoms with E-state index < -0.39 is 11.8 Å². The predicted octanol–water partition coefficient (Wildman–Crippen LogP) is 2.92. The number of carbonyl (C=O) groups is 2. The molecule has 0 bridgehead atoms. The highest BCUT2D eigenvalue weighted by Gasteiger charge is 2.09. The van der Waals surface area contributed by atoms with Crippen LogP contribution in [0.2, 0.25) is 0 Å². The largest absolute Gasteiger partial charge is 0.431 e. The summed E-state index contributed by atoms with van der Waals surface area (Å²) in [5.74, 6) is -1.22. The van der Waals surface area contributed by atoms with Gasteiger partial charge >= 0.3 is 0 Å². The van der Waals surface area contributed by atoms with Crippen molar-refractivity contribution < 1.29 is 18.4 Å². The second-order valence-electron chi connectivity index (χ2n) is 5.16. The van der Waals surface area contributed by atoms with Crippen LogP contribution in [0, 0.1) is 5.82 Å². The maximum atomic E-state index is 12.8. The Bertz CT molecular complexity index is 921. The molecule has 2 amide bonds. The fourth-order valence-electron chi connectivity index (χ4n) is 1.99. The molecule has 2 N–H and O–H groups in total. The molecule has 0 aliphatic carbocycles. The van der Waals surface area contributed by atoms with Crippen molar-refractivity contribution in [3.63, 3.8) is 0 Å². The van der Waals surface area contributed by atoms with Crippen LogP contribution < -0.4 is 10.9 Å². The molecule has 1 aromatic heterocycles. The predicted molar refractivity (Wildman–Crippen MR) is 96.5 cm³/mol. The zero-order chi connectivity index (χ0) is 18.4. The van der Waals surface area contributed by atoms with Gasteiger partial charge in [-0.25, -0.2) is 9.37 Å². The minimum atomic E-state index is -0.505. The summed E-state index contributed by atoms with van der Waals surface area (Å²) in [6, 6.07) is 13.0. The van der Waals surface area contributed by atoms with Gasteiger partial charge in [0, 0.05) is 6.08 Å². The van der Waals surface area contributed by atoms with Crippen molar-refractivity contribution in [1.29, 1.82) is 0 Å². The van der Waals surface area contributed by atoms with Gasteiger partial charge in [-0.15, -0.1) is 0 Å². The highest BCUT2D eigenvalue weighted by Crippen LogP contribution is 2.22. The number of amides is 2. The minimum Gasteiger partial charge on any atom is -0.431 e. The standard InChI is InChI=1S/C18H14FN3O3S/c19-13-8-5-12(6-9-13)7-10-16(23)21-22-17(24)11-26-18-20-14-3-1-2-4-15(14)25-18/h1-10H,11H2,(H,21,23)(H,22,24)/b10-7+. The Labute approximate surface area is 152 Å². The Morgan fingerprint density at radius 1 is 1.12 bits per heavy atom. The fraction of sp³-hybridized carbons (Fsp3) is 0.0556. The lowest BCUT2D eigenvalue weighted by Gasteiger charge is -2.03. The van der Waals surface area contributed by atoms with E-state index in [2.05, 4.69) is 15.8 Å². The number of hydrazine groups is 1. The SMILES string of the molecule is O=C(/C=C/c1ccc(F)cc1)NNC(=O)CSc1nc2ccccc2o1. The summed E-state index contributed by atoms with van der Waals surface area (Å²) in [5.41, 5.74) is 6.59. The Morgan fingerprint density at radius 3 is 2.65 bits per heavy atom. The van der Waals surface area contributed by atoms with E-state index in [-0.39, 0.29) is 11.6 Å². The third-order valence-electron chi connectivity index (χ3n) is 3.22. The molecule has 8 heteroatoms. The highest BCUT2D eigenvalue weighted by molar-refractivity contribution is 7.99. The maximum Gasteiger partial charge on any atom is 0.262 e. The Kier molecular flexibility index (Phi) is 5.65. The number of para-hydroxylation sites is 2. The lowest BCUT2D eigenvalue weighted by atomic mass is 10.2. The van der Waals surface area contributed by atoms with Crippen molar-refractivity contribution in [2.24, 2.45) is 0 Å². The van der Waals surface area contributed by atoms with Crippen molar-refractivity contribution in [3.8, 4) is 0 Å². The summed E-state index contributed by atoms with van der Waals surface area (Å²) in [6.07, 6.45) is 2.75. The molecule has 0 saturated heterocycles. The van der Waals surface area contributed by atoms with Crippen LogP contribution in [-0.2, 0) is 9.59 Å². The van der Waals surface area contributed by atoms with Crippen molar-refractivity contribution in [3.05, 3.63) is 66.0 Å². The third kappa shape index (κ3) is 4.93. The van der Waals surface area contributed by atoms with Gasteiger partial charge in [0.05, 0.1) is 5.75 Å². The number of oxazole rings is 1. The van der Waals surface area contributed by atoms with Crippen LogP contribution in [0.25, 0.3) is 17.2 Å². The van der Waals surface area contributed by atoms with Crippen LogP contribution in [0.4, 0.5) is 4.39 Å². The molecule has 26 heavy (non-hydrogen) atoms. The minimum absolute atomic E-state index is 0.0365. The number of nitrogens with one attached hydrogen (secondary N) is 2. The van der Waals surface area contributed by atoms with E-state index in [1.165, 1.54) is 36.4 Å². The molecule has 132 valence electrons. The van der Waals surface area contributed by atoms with E-state index in [1.54, 1.807) is 6.07 Å². The molecule has 1 heterocycles. The Balaban J connectivity index is 1.43. The molecule has 0 unspecified atom stereocenters. The molecule has 0 aliphatic rings. The van der Waals surface area contributed by atoms with E-state index >= 15 is 0 Å². The Morgan fingerprint density at radius 2 is 1.88 bits per heavy atom. The van der Waals surface area contributed by atoms with E-state index in [0.29, 0.717) is 16.4 Å². The average Bonchev–Trinajstić information content (AvgIpc) is 3.07. The molecule has 2 aromatic carbocycles. The number of aromatic nitrogens is 1. The molecule has 0 atom stereocenters. The lowest BCUT2D eigenvalue weighted by Crippen LogP contribution is -2.41. The van der Waals surface area contributed by atoms with Crippen molar-refractivity contribution in [2.75, 3.05) is 5.75 Å². The first-order valence-electron chi connectivity index (χ1n) is 7.61. The number of halogens is 1.